The van der Waals surface area contributed by atoms with Crippen LogP contribution in [0.15, 0.2) is 24.3 Å². The molecule has 131 valence electrons. The van der Waals surface area contributed by atoms with Crippen molar-refractivity contribution in [3.8, 4) is 0 Å². The first-order valence-electron chi connectivity index (χ1n) is 8.45. The normalized spacial score (nSPS) is 20.2. The summed E-state index contributed by atoms with van der Waals surface area (Å²) in [4.78, 5) is 27.4. The molecule has 3 rings (SSSR count). The molecule has 25 heavy (non-hydrogen) atoms. The molecule has 1 saturated heterocycles. The topological polar surface area (TPSA) is 93.5 Å². The summed E-state index contributed by atoms with van der Waals surface area (Å²) in [7, 11) is 1.55. The predicted molar refractivity (Wildman–Crippen MR) is 93.1 cm³/mol. The van der Waals surface area contributed by atoms with Crippen LogP contribution in [0.2, 0.25) is 0 Å². The monoisotopic (exact) mass is 342 g/mol. The second-order valence-electron chi connectivity index (χ2n) is 6.29. The van der Waals surface area contributed by atoms with Crippen LogP contribution < -0.4 is 5.32 Å². The first-order valence-corrected chi connectivity index (χ1v) is 8.45. The first kappa shape index (κ1) is 17.5. The largest absolute Gasteiger partial charge is 0.481 e. The van der Waals surface area contributed by atoms with E-state index in [9.17, 15) is 9.59 Å². The van der Waals surface area contributed by atoms with Gasteiger partial charge < -0.3 is 19.6 Å². The predicted octanol–water partition coefficient (Wildman–Crippen LogP) is 1.45. The Bertz CT molecular complexity index is 768. The zero-order valence-electron chi connectivity index (χ0n) is 14.1. The summed E-state index contributed by atoms with van der Waals surface area (Å²) in [5.41, 5.74) is 1.95. The summed E-state index contributed by atoms with van der Waals surface area (Å²) in [5, 5.41) is 11.7. The minimum atomic E-state index is -0.871. The molecule has 2 atom stereocenters. The fraction of sp³-hybridized carbons (Fsp3) is 0.471. The molecule has 0 saturated carbocycles. The average molecular weight is 342 g/mol. The molecule has 1 radical (unpaired) electrons. The quantitative estimate of drug-likeness (QED) is 0.775. The Morgan fingerprint density at radius 2 is 2.20 bits per heavy atom. The molecular weight excluding hydrogens is 321 g/mol. The van der Waals surface area contributed by atoms with E-state index in [1.807, 2.05) is 35.8 Å². The van der Waals surface area contributed by atoms with Crippen molar-refractivity contribution < 1.29 is 19.3 Å². The summed E-state index contributed by atoms with van der Waals surface area (Å²) < 4.78 is 7.43. The van der Waals surface area contributed by atoms with E-state index in [0.29, 0.717) is 25.8 Å². The first-order chi connectivity index (χ1) is 12.0. The Hall–Kier alpha value is -2.35. The third-order valence-corrected chi connectivity index (χ3v) is 4.39. The van der Waals surface area contributed by atoms with Crippen LogP contribution >= 0.6 is 0 Å². The van der Waals surface area contributed by atoms with E-state index >= 15 is 0 Å². The van der Waals surface area contributed by atoms with Crippen molar-refractivity contribution in [3.05, 3.63) is 30.1 Å². The minimum Gasteiger partial charge on any atom is -0.481 e. The van der Waals surface area contributed by atoms with Gasteiger partial charge in [0, 0.05) is 18.9 Å². The number of rotatable bonds is 6. The highest BCUT2D eigenvalue weighted by molar-refractivity contribution is 6.30. The van der Waals surface area contributed by atoms with E-state index in [1.165, 1.54) is 0 Å². The number of para-hydroxylation sites is 2. The van der Waals surface area contributed by atoms with Gasteiger partial charge in [-0.3, -0.25) is 9.59 Å². The summed E-state index contributed by atoms with van der Waals surface area (Å²) in [6.07, 6.45) is 1.36. The molecule has 1 aliphatic rings. The third-order valence-electron chi connectivity index (χ3n) is 4.39. The number of carboxylic acids is 1. The van der Waals surface area contributed by atoms with E-state index in [0.717, 1.165) is 16.9 Å². The third kappa shape index (κ3) is 4.39. The molecule has 1 aliphatic heterocycles. The number of hydrogen-bond acceptors (Lipinski definition) is 4. The number of benzene rings is 1. The highest BCUT2D eigenvalue weighted by Crippen LogP contribution is 2.17. The van der Waals surface area contributed by atoms with Gasteiger partial charge in [-0.1, -0.05) is 12.1 Å². The number of nitrogens with one attached hydrogen (secondary N) is 1. The molecule has 8 heteroatoms. The van der Waals surface area contributed by atoms with E-state index in [-0.39, 0.29) is 24.4 Å². The lowest BCUT2D eigenvalue weighted by Crippen LogP contribution is -2.45. The van der Waals surface area contributed by atoms with Gasteiger partial charge in [0.25, 0.3) is 0 Å². The smallest absolute Gasteiger partial charge is 0.317 e. The van der Waals surface area contributed by atoms with Gasteiger partial charge in [0.2, 0.25) is 5.91 Å². The standard InChI is InChI=1S/C17H21BN3O4/c1-11-19-13-4-2-3-5-14(13)21(11)9-8-16(22)20-15-7-6-12(25-18-15)10-17(23)24/h2-5,12,15H,6-10H2,1H3,(H,20,22)(H,23,24)/t12-,15-/m0/s1. The molecule has 1 aromatic carbocycles. The molecule has 0 spiro atoms. The highest BCUT2D eigenvalue weighted by Gasteiger charge is 2.26. The van der Waals surface area contributed by atoms with Crippen LogP contribution in [0, 0.1) is 6.92 Å². The number of nitrogens with zero attached hydrogens (tertiary/aromatic N) is 2. The number of carbonyl (C=O) groups is 2. The summed E-state index contributed by atoms with van der Waals surface area (Å²) >= 11 is 0. The number of fused-ring (bicyclic) bond motifs is 1. The van der Waals surface area contributed by atoms with Gasteiger partial charge in [0.1, 0.15) is 5.82 Å². The fourth-order valence-corrected chi connectivity index (χ4v) is 3.13. The van der Waals surface area contributed by atoms with E-state index in [1.54, 1.807) is 7.48 Å². The Kier molecular flexibility index (Phi) is 5.38. The van der Waals surface area contributed by atoms with Gasteiger partial charge in [-0.05, 0) is 31.9 Å². The average Bonchev–Trinajstić information content (AvgIpc) is 2.89. The number of amides is 1. The second-order valence-corrected chi connectivity index (χ2v) is 6.29. The molecule has 0 unspecified atom stereocenters. The van der Waals surface area contributed by atoms with E-state index in [2.05, 4.69) is 10.3 Å². The number of aryl methyl sites for hydroxylation is 2. The molecule has 1 amide bonds. The zero-order valence-corrected chi connectivity index (χ0v) is 14.1. The molecule has 7 nitrogen and oxygen atoms in total. The van der Waals surface area contributed by atoms with Gasteiger partial charge in [0.15, 0.2) is 0 Å². The Balaban J connectivity index is 1.49. The highest BCUT2D eigenvalue weighted by atomic mass is 16.4. The van der Waals surface area contributed by atoms with Crippen molar-refractivity contribution in [3.63, 3.8) is 0 Å². The van der Waals surface area contributed by atoms with Crippen molar-refractivity contribution >= 4 is 30.4 Å². The van der Waals surface area contributed by atoms with Gasteiger partial charge in [-0.2, -0.15) is 0 Å². The maximum atomic E-state index is 12.2. The van der Waals surface area contributed by atoms with Crippen LogP contribution in [0.5, 0.6) is 0 Å². The van der Waals surface area contributed by atoms with Crippen molar-refractivity contribution in [2.75, 3.05) is 0 Å². The number of aliphatic carboxylic acids is 1. The lowest BCUT2D eigenvalue weighted by Gasteiger charge is -2.28. The minimum absolute atomic E-state index is 0.00977. The molecule has 1 fully saturated rings. The maximum absolute atomic E-state index is 12.2. The van der Waals surface area contributed by atoms with Crippen molar-refractivity contribution in [1.29, 1.82) is 0 Å². The number of aromatic nitrogens is 2. The summed E-state index contributed by atoms with van der Waals surface area (Å²) in [5.74, 6) is -0.209. The molecule has 2 aromatic rings. The van der Waals surface area contributed by atoms with Crippen LogP contribution in [0.4, 0.5) is 0 Å². The summed E-state index contributed by atoms with van der Waals surface area (Å²) in [6, 6.07) is 7.86. The van der Waals surface area contributed by atoms with Gasteiger partial charge in [0.05, 0.1) is 23.6 Å². The van der Waals surface area contributed by atoms with Gasteiger partial charge in [-0.15, -0.1) is 0 Å². The molecule has 2 heterocycles. The SMILES string of the molecule is Cc1nc2ccccc2n1CCC(=O)N[C@@H]1[B]O[C@H](CC(=O)O)CC1. The molecule has 0 bridgehead atoms. The lowest BCUT2D eigenvalue weighted by atomic mass is 9.79. The van der Waals surface area contributed by atoms with Crippen molar-refractivity contribution in [1.82, 2.24) is 14.9 Å². The molecule has 0 aliphatic carbocycles. The second kappa shape index (κ2) is 7.69. The molecule has 1 aromatic heterocycles. The van der Waals surface area contributed by atoms with Crippen LogP contribution in [0.1, 0.15) is 31.5 Å². The molecule has 2 N–H and O–H groups in total. The van der Waals surface area contributed by atoms with Crippen molar-refractivity contribution in [2.45, 2.75) is 51.2 Å². The van der Waals surface area contributed by atoms with Crippen molar-refractivity contribution in [2.24, 2.45) is 0 Å². The van der Waals surface area contributed by atoms with Crippen LogP contribution in [-0.4, -0.2) is 46.1 Å². The van der Waals surface area contributed by atoms with E-state index < -0.39 is 5.97 Å². The van der Waals surface area contributed by atoms with Gasteiger partial charge >= 0.3 is 13.5 Å². The lowest BCUT2D eigenvalue weighted by molar-refractivity contribution is -0.139. The van der Waals surface area contributed by atoms with Crippen LogP contribution in [-0.2, 0) is 20.8 Å². The maximum Gasteiger partial charge on any atom is 0.317 e. The van der Waals surface area contributed by atoms with Gasteiger partial charge in [-0.25, -0.2) is 4.98 Å². The van der Waals surface area contributed by atoms with Crippen LogP contribution in [0.3, 0.4) is 0 Å². The van der Waals surface area contributed by atoms with E-state index in [4.69, 9.17) is 9.76 Å². The van der Waals surface area contributed by atoms with Crippen LogP contribution in [0.25, 0.3) is 11.0 Å². The number of imidazole rings is 1. The molecular formula is C17H21BN3O4. The Morgan fingerprint density at radius 1 is 1.40 bits per heavy atom. The number of hydrogen-bond donors (Lipinski definition) is 2. The number of carboxylic acid groups (broad SMARTS) is 1. The Labute approximate surface area is 146 Å². The summed E-state index contributed by atoms with van der Waals surface area (Å²) in [6.45, 7) is 2.50. The number of carbonyl (C=O) groups excluding carboxylic acids is 1. The zero-order chi connectivity index (χ0) is 17.8. The fourth-order valence-electron chi connectivity index (χ4n) is 3.13. The Morgan fingerprint density at radius 3 is 2.92 bits per heavy atom.